The highest BCUT2D eigenvalue weighted by atomic mass is 35.5. The summed E-state index contributed by atoms with van der Waals surface area (Å²) in [5, 5.41) is 9.19. The Bertz CT molecular complexity index is 947. The van der Waals surface area contributed by atoms with Gasteiger partial charge >= 0.3 is 6.03 Å². The van der Waals surface area contributed by atoms with Crippen LogP contribution in [0, 0.1) is 0 Å². The fourth-order valence-electron chi connectivity index (χ4n) is 3.05. The number of halogens is 1. The molecule has 3 rings (SSSR count). The first-order valence-electron chi connectivity index (χ1n) is 9.79. The monoisotopic (exact) mass is 421 g/mol. The zero-order valence-electron chi connectivity index (χ0n) is 16.5. The molecule has 1 unspecified atom stereocenters. The molecule has 0 radical (unpaired) electrons. The van der Waals surface area contributed by atoms with Gasteiger partial charge < -0.3 is 16.0 Å². The number of amides is 3. The standard InChI is InChI=1S/C24H24ClN3O2/c25-20-13-11-18(12-14-20)17-22(19-7-3-1-4-8-19)28-23(29)15-16-26-24(30)27-21-9-5-2-6-10-21/h1-14,22H,15-17H2,(H,28,29)(H2,26,27,30). The van der Waals surface area contributed by atoms with Crippen LogP contribution in [0.4, 0.5) is 10.5 Å². The van der Waals surface area contributed by atoms with E-state index in [0.29, 0.717) is 17.1 Å². The van der Waals surface area contributed by atoms with Gasteiger partial charge in [-0.25, -0.2) is 4.79 Å². The lowest BCUT2D eigenvalue weighted by Crippen LogP contribution is -2.35. The Labute approximate surface area is 181 Å². The second kappa shape index (κ2) is 11.0. The number of carbonyl (C=O) groups excluding carboxylic acids is 2. The number of anilines is 1. The van der Waals surface area contributed by atoms with Crippen LogP contribution in [0.25, 0.3) is 0 Å². The van der Waals surface area contributed by atoms with Crippen molar-refractivity contribution in [3.05, 3.63) is 101 Å². The van der Waals surface area contributed by atoms with E-state index in [2.05, 4.69) is 16.0 Å². The van der Waals surface area contributed by atoms with E-state index >= 15 is 0 Å². The van der Waals surface area contributed by atoms with E-state index in [0.717, 1.165) is 11.1 Å². The maximum absolute atomic E-state index is 12.5. The predicted octanol–water partition coefficient (Wildman–Crippen LogP) is 4.95. The molecule has 0 aliphatic rings. The number of para-hydroxylation sites is 1. The molecule has 154 valence electrons. The Balaban J connectivity index is 1.52. The molecule has 0 aliphatic heterocycles. The highest BCUT2D eigenvalue weighted by Crippen LogP contribution is 2.20. The number of carbonyl (C=O) groups is 2. The molecule has 0 bridgehead atoms. The van der Waals surface area contributed by atoms with Crippen molar-refractivity contribution in [2.75, 3.05) is 11.9 Å². The molecule has 3 N–H and O–H groups in total. The molecule has 0 heterocycles. The quantitative estimate of drug-likeness (QED) is 0.481. The molecule has 0 aliphatic carbocycles. The molecule has 6 heteroatoms. The van der Waals surface area contributed by atoms with E-state index < -0.39 is 0 Å². The number of benzene rings is 3. The lowest BCUT2D eigenvalue weighted by atomic mass is 9.98. The first-order chi connectivity index (χ1) is 14.6. The van der Waals surface area contributed by atoms with E-state index in [4.69, 9.17) is 11.6 Å². The third kappa shape index (κ3) is 6.94. The summed E-state index contributed by atoms with van der Waals surface area (Å²) in [5.41, 5.74) is 2.80. The van der Waals surface area contributed by atoms with Gasteiger partial charge in [-0.15, -0.1) is 0 Å². The first kappa shape index (κ1) is 21.4. The Hall–Kier alpha value is -3.31. The van der Waals surface area contributed by atoms with Gasteiger partial charge in [-0.3, -0.25) is 4.79 Å². The van der Waals surface area contributed by atoms with Gasteiger partial charge in [-0.2, -0.15) is 0 Å². The van der Waals surface area contributed by atoms with Crippen LogP contribution >= 0.6 is 11.6 Å². The highest BCUT2D eigenvalue weighted by molar-refractivity contribution is 6.30. The number of rotatable bonds is 8. The Morgan fingerprint density at radius 1 is 0.833 bits per heavy atom. The highest BCUT2D eigenvalue weighted by Gasteiger charge is 2.15. The second-order valence-electron chi connectivity index (χ2n) is 6.86. The summed E-state index contributed by atoms with van der Waals surface area (Å²) in [6.45, 7) is 0.243. The first-order valence-corrected chi connectivity index (χ1v) is 10.2. The molecule has 0 saturated heterocycles. The number of nitrogens with one attached hydrogen (secondary N) is 3. The molecular formula is C24H24ClN3O2. The summed E-state index contributed by atoms with van der Waals surface area (Å²) in [5.74, 6) is -0.127. The van der Waals surface area contributed by atoms with E-state index in [9.17, 15) is 9.59 Å². The minimum absolute atomic E-state index is 0.127. The smallest absolute Gasteiger partial charge is 0.319 e. The van der Waals surface area contributed by atoms with Crippen molar-refractivity contribution in [2.24, 2.45) is 0 Å². The SMILES string of the molecule is O=C(CCNC(=O)Nc1ccccc1)NC(Cc1ccc(Cl)cc1)c1ccccc1. The van der Waals surface area contributed by atoms with E-state index in [1.165, 1.54) is 0 Å². The molecular weight excluding hydrogens is 398 g/mol. The van der Waals surface area contributed by atoms with Crippen LogP contribution in [0.15, 0.2) is 84.9 Å². The maximum atomic E-state index is 12.5. The minimum Gasteiger partial charge on any atom is -0.349 e. The van der Waals surface area contributed by atoms with Gasteiger partial charge in [-0.1, -0.05) is 72.3 Å². The number of hydrogen-bond donors (Lipinski definition) is 3. The Morgan fingerprint density at radius 2 is 1.47 bits per heavy atom. The molecule has 3 amide bonds. The van der Waals surface area contributed by atoms with Crippen LogP contribution in [-0.2, 0) is 11.2 Å². The maximum Gasteiger partial charge on any atom is 0.319 e. The van der Waals surface area contributed by atoms with Gasteiger partial charge in [0.25, 0.3) is 0 Å². The Morgan fingerprint density at radius 3 is 2.13 bits per heavy atom. The zero-order chi connectivity index (χ0) is 21.2. The average molecular weight is 422 g/mol. The van der Waals surface area contributed by atoms with Crippen molar-refractivity contribution in [3.63, 3.8) is 0 Å². The van der Waals surface area contributed by atoms with Crippen LogP contribution in [0.3, 0.4) is 0 Å². The third-order valence-electron chi connectivity index (χ3n) is 4.56. The van der Waals surface area contributed by atoms with Crippen molar-refractivity contribution in [2.45, 2.75) is 18.9 Å². The van der Waals surface area contributed by atoms with E-state index in [1.54, 1.807) is 12.1 Å². The lowest BCUT2D eigenvalue weighted by molar-refractivity contribution is -0.121. The fraction of sp³-hybridized carbons (Fsp3) is 0.167. The van der Waals surface area contributed by atoms with Crippen LogP contribution in [-0.4, -0.2) is 18.5 Å². The molecule has 1 atom stereocenters. The van der Waals surface area contributed by atoms with Crippen molar-refractivity contribution >= 4 is 29.2 Å². The van der Waals surface area contributed by atoms with E-state index in [-0.39, 0.29) is 30.9 Å². The van der Waals surface area contributed by atoms with Crippen molar-refractivity contribution in [1.29, 1.82) is 0 Å². The lowest BCUT2D eigenvalue weighted by Gasteiger charge is -2.20. The third-order valence-corrected chi connectivity index (χ3v) is 4.81. The normalized spacial score (nSPS) is 11.4. The summed E-state index contributed by atoms with van der Waals surface area (Å²) in [4.78, 5) is 24.4. The zero-order valence-corrected chi connectivity index (χ0v) is 17.2. The summed E-state index contributed by atoms with van der Waals surface area (Å²) in [6.07, 6.45) is 0.834. The molecule has 0 aromatic heterocycles. The number of hydrogen-bond acceptors (Lipinski definition) is 2. The van der Waals surface area contributed by atoms with Crippen molar-refractivity contribution in [3.8, 4) is 0 Å². The predicted molar refractivity (Wildman–Crippen MR) is 121 cm³/mol. The van der Waals surface area contributed by atoms with Gasteiger partial charge in [-0.05, 0) is 41.8 Å². The van der Waals surface area contributed by atoms with Crippen LogP contribution in [0.5, 0.6) is 0 Å². The molecule has 0 spiro atoms. The van der Waals surface area contributed by atoms with E-state index in [1.807, 2.05) is 72.8 Å². The Kier molecular flexibility index (Phi) is 7.86. The van der Waals surface area contributed by atoms with Gasteiger partial charge in [0.1, 0.15) is 0 Å². The summed E-state index contributed by atoms with van der Waals surface area (Å²) in [6, 6.07) is 26.1. The second-order valence-corrected chi connectivity index (χ2v) is 7.29. The van der Waals surface area contributed by atoms with Crippen LogP contribution in [0.1, 0.15) is 23.6 Å². The largest absolute Gasteiger partial charge is 0.349 e. The number of urea groups is 1. The van der Waals surface area contributed by atoms with Gasteiger partial charge in [0, 0.05) is 23.7 Å². The molecule has 30 heavy (non-hydrogen) atoms. The summed E-state index contributed by atoms with van der Waals surface area (Å²) < 4.78 is 0. The average Bonchev–Trinajstić information content (AvgIpc) is 2.76. The van der Waals surface area contributed by atoms with Gasteiger partial charge in [0.15, 0.2) is 0 Å². The van der Waals surface area contributed by atoms with Crippen LogP contribution in [0.2, 0.25) is 5.02 Å². The topological polar surface area (TPSA) is 70.2 Å². The van der Waals surface area contributed by atoms with Crippen molar-refractivity contribution in [1.82, 2.24) is 10.6 Å². The van der Waals surface area contributed by atoms with Gasteiger partial charge in [0.2, 0.25) is 5.91 Å². The van der Waals surface area contributed by atoms with Gasteiger partial charge in [0.05, 0.1) is 6.04 Å². The molecule has 0 fully saturated rings. The molecule has 3 aromatic carbocycles. The minimum atomic E-state index is -0.338. The molecule has 5 nitrogen and oxygen atoms in total. The van der Waals surface area contributed by atoms with Crippen molar-refractivity contribution < 1.29 is 9.59 Å². The molecule has 3 aromatic rings. The summed E-state index contributed by atoms with van der Waals surface area (Å²) in [7, 11) is 0. The summed E-state index contributed by atoms with van der Waals surface area (Å²) >= 11 is 5.97. The fourth-order valence-corrected chi connectivity index (χ4v) is 3.17. The van der Waals surface area contributed by atoms with Crippen LogP contribution < -0.4 is 16.0 Å². The molecule has 0 saturated carbocycles.